The highest BCUT2D eigenvalue weighted by atomic mass is 35.5. The van der Waals surface area contributed by atoms with Crippen molar-refractivity contribution in [3.8, 4) is 0 Å². The summed E-state index contributed by atoms with van der Waals surface area (Å²) in [5, 5.41) is 7.78. The molecule has 31 heavy (non-hydrogen) atoms. The Bertz CT molecular complexity index is 1350. The summed E-state index contributed by atoms with van der Waals surface area (Å²) in [6.07, 6.45) is 0. The van der Waals surface area contributed by atoms with E-state index in [9.17, 15) is 9.59 Å². The molecule has 0 bridgehead atoms. The van der Waals surface area contributed by atoms with Gasteiger partial charge >= 0.3 is 0 Å². The molecule has 1 aliphatic heterocycles. The summed E-state index contributed by atoms with van der Waals surface area (Å²) in [6.45, 7) is 0. The van der Waals surface area contributed by atoms with Crippen LogP contribution >= 0.6 is 34.5 Å². The number of anilines is 2. The number of carbonyl (C=O) groups excluding carboxylic acids is 2. The number of thiophene rings is 1. The molecule has 2 amide bonds. The second kappa shape index (κ2) is 7.85. The average Bonchev–Trinajstić information content (AvgIpc) is 3.34. The number of hydrogen-bond donors (Lipinski definition) is 1. The van der Waals surface area contributed by atoms with E-state index in [0.717, 1.165) is 21.4 Å². The summed E-state index contributed by atoms with van der Waals surface area (Å²) in [4.78, 5) is 28.7. The molecule has 1 aliphatic rings. The molecule has 0 aliphatic carbocycles. The minimum absolute atomic E-state index is 0.222. The van der Waals surface area contributed by atoms with Crippen LogP contribution in [0.25, 0.3) is 16.3 Å². The van der Waals surface area contributed by atoms with Crippen LogP contribution in [0.2, 0.25) is 10.0 Å². The van der Waals surface area contributed by atoms with Crippen LogP contribution in [-0.4, -0.2) is 11.8 Å². The quantitative estimate of drug-likeness (QED) is 0.345. The van der Waals surface area contributed by atoms with Crippen LogP contribution in [0.5, 0.6) is 0 Å². The number of rotatable bonds is 4. The predicted molar refractivity (Wildman–Crippen MR) is 128 cm³/mol. The molecule has 0 atom stereocenters. The van der Waals surface area contributed by atoms with Crippen molar-refractivity contribution >= 4 is 74.1 Å². The summed E-state index contributed by atoms with van der Waals surface area (Å²) in [5.74, 6) is -0.881. The molecule has 0 radical (unpaired) electrons. The van der Waals surface area contributed by atoms with Crippen LogP contribution in [0.1, 0.15) is 4.88 Å². The number of benzene rings is 3. The standard InChI is InChI=1S/C24H14Cl2N2O2S/c25-15-11-16(26)13-17(12-15)28-23(29)21(20-9-4-10-31-20)22(24(28)30)27-19-8-3-6-14-5-1-2-7-18(14)19/h1-13,27H. The topological polar surface area (TPSA) is 49.4 Å². The van der Waals surface area contributed by atoms with Crippen LogP contribution in [0.4, 0.5) is 11.4 Å². The smallest absolute Gasteiger partial charge is 0.282 e. The van der Waals surface area contributed by atoms with E-state index in [-0.39, 0.29) is 5.70 Å². The molecule has 0 spiro atoms. The summed E-state index contributed by atoms with van der Waals surface area (Å²) in [5.41, 5.74) is 1.62. The van der Waals surface area contributed by atoms with Gasteiger partial charge in [-0.05, 0) is 41.1 Å². The van der Waals surface area contributed by atoms with E-state index >= 15 is 0 Å². The Morgan fingerprint density at radius 1 is 0.806 bits per heavy atom. The second-order valence-electron chi connectivity index (χ2n) is 6.95. The number of carbonyl (C=O) groups is 2. The van der Waals surface area contributed by atoms with Crippen LogP contribution in [0.3, 0.4) is 0 Å². The Balaban J connectivity index is 1.65. The molecule has 0 fully saturated rings. The number of nitrogens with one attached hydrogen (secondary N) is 1. The fourth-order valence-corrected chi connectivity index (χ4v) is 4.95. The average molecular weight is 465 g/mol. The van der Waals surface area contributed by atoms with E-state index in [1.807, 2.05) is 60.0 Å². The first-order chi connectivity index (χ1) is 15.0. The van der Waals surface area contributed by atoms with Gasteiger partial charge in [0.15, 0.2) is 0 Å². The van der Waals surface area contributed by atoms with E-state index < -0.39 is 11.8 Å². The minimum atomic E-state index is -0.459. The van der Waals surface area contributed by atoms with Crippen molar-refractivity contribution in [2.45, 2.75) is 0 Å². The Morgan fingerprint density at radius 2 is 1.55 bits per heavy atom. The fraction of sp³-hybridized carbons (Fsp3) is 0. The Morgan fingerprint density at radius 3 is 2.29 bits per heavy atom. The third-order valence-electron chi connectivity index (χ3n) is 5.01. The van der Waals surface area contributed by atoms with E-state index in [0.29, 0.717) is 26.2 Å². The summed E-state index contributed by atoms with van der Waals surface area (Å²) >= 11 is 13.7. The summed E-state index contributed by atoms with van der Waals surface area (Å²) in [6, 6.07) is 22.0. The highest BCUT2D eigenvalue weighted by Crippen LogP contribution is 2.38. The van der Waals surface area contributed by atoms with Gasteiger partial charge in [-0.25, -0.2) is 4.90 Å². The van der Waals surface area contributed by atoms with Gasteiger partial charge in [0.05, 0.1) is 11.3 Å². The number of nitrogens with zero attached hydrogens (tertiary/aromatic N) is 1. The van der Waals surface area contributed by atoms with Gasteiger partial charge in [0.25, 0.3) is 11.8 Å². The molecule has 5 rings (SSSR count). The van der Waals surface area contributed by atoms with Crippen molar-refractivity contribution in [1.29, 1.82) is 0 Å². The minimum Gasteiger partial charge on any atom is -0.350 e. The maximum atomic E-state index is 13.5. The van der Waals surface area contributed by atoms with Gasteiger partial charge in [-0.1, -0.05) is 65.7 Å². The van der Waals surface area contributed by atoms with Crippen LogP contribution in [0, 0.1) is 0 Å². The van der Waals surface area contributed by atoms with Gasteiger partial charge in [-0.3, -0.25) is 9.59 Å². The molecule has 152 valence electrons. The molecular weight excluding hydrogens is 451 g/mol. The zero-order valence-electron chi connectivity index (χ0n) is 15.9. The molecule has 1 aromatic heterocycles. The van der Waals surface area contributed by atoms with E-state index in [4.69, 9.17) is 23.2 Å². The number of hydrogen-bond acceptors (Lipinski definition) is 4. The first kappa shape index (κ1) is 19.8. The number of fused-ring (bicyclic) bond motifs is 1. The van der Waals surface area contributed by atoms with E-state index in [1.165, 1.54) is 11.3 Å². The van der Waals surface area contributed by atoms with Crippen molar-refractivity contribution in [2.24, 2.45) is 0 Å². The zero-order valence-corrected chi connectivity index (χ0v) is 18.3. The van der Waals surface area contributed by atoms with Gasteiger partial charge in [-0.2, -0.15) is 0 Å². The number of amides is 2. The molecular formula is C24H14Cl2N2O2S. The van der Waals surface area contributed by atoms with Gasteiger partial charge in [0.1, 0.15) is 5.70 Å². The maximum Gasteiger partial charge on any atom is 0.282 e. The Kier molecular flexibility index (Phi) is 5.02. The molecule has 7 heteroatoms. The molecule has 0 saturated carbocycles. The largest absolute Gasteiger partial charge is 0.350 e. The highest BCUT2D eigenvalue weighted by Gasteiger charge is 2.41. The van der Waals surface area contributed by atoms with Gasteiger partial charge in [0.2, 0.25) is 0 Å². The second-order valence-corrected chi connectivity index (χ2v) is 8.77. The fourth-order valence-electron chi connectivity index (χ4n) is 3.67. The first-order valence-corrected chi connectivity index (χ1v) is 11.0. The SMILES string of the molecule is O=C1C(Nc2cccc3ccccc23)=C(c2cccs2)C(=O)N1c1cc(Cl)cc(Cl)c1. The lowest BCUT2D eigenvalue weighted by Gasteiger charge is -2.16. The lowest BCUT2D eigenvalue weighted by molar-refractivity contribution is -0.120. The predicted octanol–water partition coefficient (Wildman–Crippen LogP) is 6.60. The molecule has 0 unspecified atom stereocenters. The third kappa shape index (κ3) is 3.51. The highest BCUT2D eigenvalue weighted by molar-refractivity contribution is 7.11. The molecule has 1 N–H and O–H groups in total. The van der Waals surface area contributed by atoms with Crippen molar-refractivity contribution in [1.82, 2.24) is 0 Å². The number of imide groups is 1. The van der Waals surface area contributed by atoms with Crippen LogP contribution in [0.15, 0.2) is 83.9 Å². The molecule has 2 heterocycles. The third-order valence-corrected chi connectivity index (χ3v) is 6.33. The normalized spacial score (nSPS) is 14.1. The van der Waals surface area contributed by atoms with Crippen LogP contribution in [-0.2, 0) is 9.59 Å². The Labute approximate surface area is 192 Å². The van der Waals surface area contributed by atoms with Crippen LogP contribution < -0.4 is 10.2 Å². The zero-order chi connectivity index (χ0) is 21.5. The van der Waals surface area contributed by atoms with Crippen molar-refractivity contribution in [3.63, 3.8) is 0 Å². The van der Waals surface area contributed by atoms with Gasteiger partial charge in [0, 0.05) is 26.0 Å². The van der Waals surface area contributed by atoms with Crippen molar-refractivity contribution in [2.75, 3.05) is 10.2 Å². The van der Waals surface area contributed by atoms with E-state index in [2.05, 4.69) is 5.32 Å². The van der Waals surface area contributed by atoms with Crippen molar-refractivity contribution < 1.29 is 9.59 Å². The molecule has 4 aromatic rings. The van der Waals surface area contributed by atoms with E-state index in [1.54, 1.807) is 18.2 Å². The maximum absolute atomic E-state index is 13.5. The lowest BCUT2D eigenvalue weighted by Crippen LogP contribution is -2.32. The monoisotopic (exact) mass is 464 g/mol. The molecule has 3 aromatic carbocycles. The summed E-state index contributed by atoms with van der Waals surface area (Å²) < 4.78 is 0. The lowest BCUT2D eigenvalue weighted by atomic mass is 10.1. The van der Waals surface area contributed by atoms with Gasteiger partial charge in [-0.15, -0.1) is 11.3 Å². The Hall–Kier alpha value is -3.12. The molecule has 0 saturated heterocycles. The summed E-state index contributed by atoms with van der Waals surface area (Å²) in [7, 11) is 0. The van der Waals surface area contributed by atoms with Gasteiger partial charge < -0.3 is 5.32 Å². The number of halogens is 2. The first-order valence-electron chi connectivity index (χ1n) is 9.41. The van der Waals surface area contributed by atoms with Crippen molar-refractivity contribution in [3.05, 3.63) is 98.8 Å². The molecule has 4 nitrogen and oxygen atoms in total.